The summed E-state index contributed by atoms with van der Waals surface area (Å²) in [7, 11) is -3.67. The Bertz CT molecular complexity index is 1180. The lowest BCUT2D eigenvalue weighted by Gasteiger charge is -2.14. The number of rotatable bonds is 7. The Morgan fingerprint density at radius 2 is 1.61 bits per heavy atom. The van der Waals surface area contributed by atoms with Crippen molar-refractivity contribution < 1.29 is 13.2 Å². The minimum Gasteiger partial charge on any atom is -0.324 e. The molecule has 0 fully saturated rings. The number of halogens is 2. The molecule has 0 aliphatic heterocycles. The van der Waals surface area contributed by atoms with Gasteiger partial charge in [0.15, 0.2) is 0 Å². The molecule has 0 aromatic heterocycles. The first-order chi connectivity index (χ1) is 14.7. The van der Waals surface area contributed by atoms with Gasteiger partial charge in [-0.2, -0.15) is 0 Å². The second-order valence-corrected chi connectivity index (χ2v) is 10.7. The van der Waals surface area contributed by atoms with Crippen LogP contribution >= 0.6 is 35.0 Å². The third kappa shape index (κ3) is 6.17. The van der Waals surface area contributed by atoms with E-state index in [0.29, 0.717) is 21.4 Å². The fourth-order valence-electron chi connectivity index (χ4n) is 2.63. The summed E-state index contributed by atoms with van der Waals surface area (Å²) in [5.41, 5.74) is 1.87. The zero-order valence-electron chi connectivity index (χ0n) is 16.7. The van der Waals surface area contributed by atoms with Crippen LogP contribution in [-0.4, -0.2) is 19.6 Å². The van der Waals surface area contributed by atoms with Crippen molar-refractivity contribution in [1.82, 2.24) is 0 Å². The Labute approximate surface area is 196 Å². The molecule has 5 nitrogen and oxygen atoms in total. The Morgan fingerprint density at radius 1 is 0.968 bits per heavy atom. The number of carbonyl (C=O) groups is 1. The van der Waals surface area contributed by atoms with E-state index in [4.69, 9.17) is 23.2 Å². The van der Waals surface area contributed by atoms with E-state index in [0.717, 1.165) is 10.5 Å². The molecule has 0 saturated carbocycles. The number of amides is 1. The molecule has 0 radical (unpaired) electrons. The Hall–Kier alpha value is -2.19. The van der Waals surface area contributed by atoms with Crippen LogP contribution in [0.25, 0.3) is 0 Å². The van der Waals surface area contributed by atoms with Gasteiger partial charge in [-0.25, -0.2) is 8.42 Å². The van der Waals surface area contributed by atoms with Crippen LogP contribution in [0.5, 0.6) is 0 Å². The monoisotopic (exact) mass is 494 g/mol. The number of aryl methyl sites for hydroxylation is 1. The maximum absolute atomic E-state index is 12.5. The first-order valence-electron chi connectivity index (χ1n) is 9.27. The molecule has 9 heteroatoms. The largest absolute Gasteiger partial charge is 0.324 e. The van der Waals surface area contributed by atoms with Crippen LogP contribution in [0.3, 0.4) is 0 Å². The number of nitrogens with one attached hydrogen (secondary N) is 2. The molecule has 162 valence electrons. The molecule has 3 aromatic carbocycles. The van der Waals surface area contributed by atoms with Crippen molar-refractivity contribution >= 4 is 62.3 Å². The van der Waals surface area contributed by atoms with E-state index in [2.05, 4.69) is 10.0 Å². The standard InChI is InChI=1S/C22H20Cl2N2O3S2/c1-14-6-12-18(13-7-14)31(28,29)26-16-8-10-17(11-9-16)30-15(2)22(27)25-20-5-3-4-19(23)21(20)24/h3-13,15,26H,1-2H3,(H,25,27). The van der Waals surface area contributed by atoms with E-state index in [1.165, 1.54) is 11.8 Å². The molecule has 31 heavy (non-hydrogen) atoms. The first kappa shape index (κ1) is 23.5. The van der Waals surface area contributed by atoms with E-state index in [9.17, 15) is 13.2 Å². The van der Waals surface area contributed by atoms with Gasteiger partial charge in [-0.05, 0) is 62.4 Å². The summed E-state index contributed by atoms with van der Waals surface area (Å²) in [4.78, 5) is 13.5. The molecule has 0 aliphatic carbocycles. The highest BCUT2D eigenvalue weighted by atomic mass is 35.5. The Balaban J connectivity index is 1.62. The highest BCUT2D eigenvalue weighted by Gasteiger charge is 2.17. The number of carbonyl (C=O) groups excluding carboxylic acids is 1. The minimum absolute atomic E-state index is 0.196. The highest BCUT2D eigenvalue weighted by molar-refractivity contribution is 8.00. The third-order valence-corrected chi connectivity index (χ3v) is 7.66. The number of hydrogen-bond donors (Lipinski definition) is 2. The third-order valence-electron chi connectivity index (χ3n) is 4.33. The molecule has 1 atom stereocenters. The number of hydrogen-bond acceptors (Lipinski definition) is 4. The average molecular weight is 495 g/mol. The van der Waals surface area contributed by atoms with Crippen molar-refractivity contribution in [1.29, 1.82) is 0 Å². The van der Waals surface area contributed by atoms with Crippen LogP contribution in [0, 0.1) is 6.92 Å². The molecule has 0 aliphatic rings. The van der Waals surface area contributed by atoms with Crippen LogP contribution in [0.1, 0.15) is 12.5 Å². The zero-order chi connectivity index (χ0) is 22.6. The summed E-state index contributed by atoms with van der Waals surface area (Å²) < 4.78 is 27.6. The van der Waals surface area contributed by atoms with Crippen molar-refractivity contribution in [2.24, 2.45) is 0 Å². The van der Waals surface area contributed by atoms with Crippen molar-refractivity contribution in [3.8, 4) is 0 Å². The smallest absolute Gasteiger partial charge is 0.261 e. The van der Waals surface area contributed by atoms with Gasteiger partial charge in [0.2, 0.25) is 5.91 Å². The summed E-state index contributed by atoms with van der Waals surface area (Å²) >= 11 is 13.4. The fourth-order valence-corrected chi connectivity index (χ4v) is 4.90. The number of benzene rings is 3. The lowest BCUT2D eigenvalue weighted by atomic mass is 10.2. The van der Waals surface area contributed by atoms with Gasteiger partial charge in [0.1, 0.15) is 0 Å². The van der Waals surface area contributed by atoms with Gasteiger partial charge in [0, 0.05) is 10.6 Å². The number of anilines is 2. The lowest BCUT2D eigenvalue weighted by Crippen LogP contribution is -2.22. The van der Waals surface area contributed by atoms with Gasteiger partial charge in [-0.15, -0.1) is 11.8 Å². The van der Waals surface area contributed by atoms with Gasteiger partial charge in [0.25, 0.3) is 10.0 Å². The van der Waals surface area contributed by atoms with Crippen molar-refractivity contribution in [3.05, 3.63) is 82.3 Å². The van der Waals surface area contributed by atoms with E-state index in [1.54, 1.807) is 73.7 Å². The van der Waals surface area contributed by atoms with Gasteiger partial charge < -0.3 is 5.32 Å². The molecular weight excluding hydrogens is 475 g/mol. The van der Waals surface area contributed by atoms with Crippen LogP contribution in [-0.2, 0) is 14.8 Å². The first-order valence-corrected chi connectivity index (χ1v) is 12.4. The van der Waals surface area contributed by atoms with E-state index in [-0.39, 0.29) is 10.8 Å². The molecule has 1 amide bonds. The van der Waals surface area contributed by atoms with Gasteiger partial charge >= 0.3 is 0 Å². The Morgan fingerprint density at radius 3 is 2.26 bits per heavy atom. The molecule has 0 saturated heterocycles. The maximum Gasteiger partial charge on any atom is 0.261 e. The normalized spacial score (nSPS) is 12.3. The lowest BCUT2D eigenvalue weighted by molar-refractivity contribution is -0.115. The molecule has 1 unspecified atom stereocenters. The van der Waals surface area contributed by atoms with Crippen molar-refractivity contribution in [2.45, 2.75) is 28.9 Å². The summed E-state index contributed by atoms with van der Waals surface area (Å²) in [5.74, 6) is -0.224. The van der Waals surface area contributed by atoms with Gasteiger partial charge in [0.05, 0.1) is 25.9 Å². The van der Waals surface area contributed by atoms with E-state index in [1.807, 2.05) is 6.92 Å². The molecule has 0 spiro atoms. The van der Waals surface area contributed by atoms with Gasteiger partial charge in [-0.3, -0.25) is 9.52 Å². The molecule has 0 bridgehead atoms. The minimum atomic E-state index is -3.67. The topological polar surface area (TPSA) is 75.3 Å². The number of thioether (sulfide) groups is 1. The second kappa shape index (κ2) is 9.96. The molecule has 3 rings (SSSR count). The summed E-state index contributed by atoms with van der Waals surface area (Å²) in [6.45, 7) is 3.66. The van der Waals surface area contributed by atoms with Crippen LogP contribution in [0.2, 0.25) is 10.0 Å². The van der Waals surface area contributed by atoms with Crippen LogP contribution in [0.15, 0.2) is 76.5 Å². The predicted molar refractivity (Wildman–Crippen MR) is 129 cm³/mol. The van der Waals surface area contributed by atoms with Crippen LogP contribution < -0.4 is 10.0 Å². The Kier molecular flexibility index (Phi) is 7.54. The molecule has 0 heterocycles. The summed E-state index contributed by atoms with van der Waals surface area (Å²) in [5, 5.41) is 3.01. The zero-order valence-corrected chi connectivity index (χ0v) is 19.9. The van der Waals surface area contributed by atoms with Gasteiger partial charge in [-0.1, -0.05) is 47.0 Å². The molecule has 2 N–H and O–H groups in total. The molecular formula is C22H20Cl2N2O3S2. The maximum atomic E-state index is 12.5. The summed E-state index contributed by atoms with van der Waals surface area (Å²) in [6, 6.07) is 18.5. The van der Waals surface area contributed by atoms with E-state index < -0.39 is 15.3 Å². The summed E-state index contributed by atoms with van der Waals surface area (Å²) in [6.07, 6.45) is 0. The SMILES string of the molecule is Cc1ccc(S(=O)(=O)Nc2ccc(SC(C)C(=O)Nc3cccc(Cl)c3Cl)cc2)cc1. The van der Waals surface area contributed by atoms with E-state index >= 15 is 0 Å². The van der Waals surface area contributed by atoms with Crippen molar-refractivity contribution in [3.63, 3.8) is 0 Å². The fraction of sp³-hybridized carbons (Fsp3) is 0.136. The quantitative estimate of drug-likeness (QED) is 0.382. The van der Waals surface area contributed by atoms with Crippen LogP contribution in [0.4, 0.5) is 11.4 Å². The average Bonchev–Trinajstić information content (AvgIpc) is 2.73. The molecule has 3 aromatic rings. The number of sulfonamides is 1. The predicted octanol–water partition coefficient (Wildman–Crippen LogP) is 6.22. The highest BCUT2D eigenvalue weighted by Crippen LogP contribution is 2.31. The van der Waals surface area contributed by atoms with Crippen molar-refractivity contribution in [2.75, 3.05) is 10.0 Å². The second-order valence-electron chi connectivity index (χ2n) is 6.79.